The Hall–Kier alpha value is -6.06. The molecule has 0 saturated heterocycles. The van der Waals surface area contributed by atoms with E-state index in [0.717, 1.165) is 86.9 Å². The summed E-state index contributed by atoms with van der Waals surface area (Å²) in [5.74, 6) is 0. The van der Waals surface area contributed by atoms with Crippen LogP contribution in [0.1, 0.15) is 22.3 Å². The Morgan fingerprint density at radius 3 is 1.96 bits per heavy atom. The summed E-state index contributed by atoms with van der Waals surface area (Å²) in [7, 11) is -3.39. The highest BCUT2D eigenvalue weighted by molar-refractivity contribution is 7.99. The van der Waals surface area contributed by atoms with Gasteiger partial charge >= 0.3 is 0 Å². The zero-order chi connectivity index (χ0) is 35.6. The molecule has 2 aliphatic heterocycles. The fraction of sp³-hybridized carbons (Fsp3) is 0.0204. The van der Waals surface area contributed by atoms with Gasteiger partial charge in [0.15, 0.2) is 7.14 Å². The van der Waals surface area contributed by atoms with Crippen LogP contribution in [0.4, 0.5) is 0 Å². The van der Waals surface area contributed by atoms with Gasteiger partial charge in [-0.3, -0.25) is 0 Å². The standard InChI is InChI=1S/C49H29O3PS/c50-53(31-13-2-1-3-14-31)44-23-10-6-19-37(44)49(40-28-36-34-16-5-8-21-41(34)51-43(36)29-45(40)53)38-20-7-11-24-46(38)54-47-27-30(25-26-39(47)49)32-17-12-18-35-33-15-4-9-22-42(33)52-48(32)35/h1-29H. The lowest BCUT2D eigenvalue weighted by molar-refractivity contribution is 0.589. The van der Waals surface area contributed by atoms with Crippen LogP contribution in [0.25, 0.3) is 55.0 Å². The molecular formula is C49H29O3PS. The van der Waals surface area contributed by atoms with Crippen molar-refractivity contribution in [2.75, 3.05) is 0 Å². The first-order valence-corrected chi connectivity index (χ1v) is 20.7. The molecule has 5 heteroatoms. The Balaban J connectivity index is 1.21. The maximum absolute atomic E-state index is 16.4. The molecular weight excluding hydrogens is 700 g/mol. The van der Waals surface area contributed by atoms with Crippen LogP contribution in [-0.4, -0.2) is 0 Å². The van der Waals surface area contributed by atoms with Crippen molar-refractivity contribution in [1.82, 2.24) is 0 Å². The largest absolute Gasteiger partial charge is 0.456 e. The van der Waals surface area contributed by atoms with E-state index < -0.39 is 12.6 Å². The van der Waals surface area contributed by atoms with Gasteiger partial charge in [0.25, 0.3) is 0 Å². The van der Waals surface area contributed by atoms with E-state index in [0.29, 0.717) is 0 Å². The molecule has 8 aromatic carbocycles. The highest BCUT2D eigenvalue weighted by atomic mass is 32.2. The third-order valence-corrected chi connectivity index (χ3v) is 15.9. The minimum Gasteiger partial charge on any atom is -0.456 e. The van der Waals surface area contributed by atoms with Gasteiger partial charge in [-0.15, -0.1) is 0 Å². The van der Waals surface area contributed by atoms with Gasteiger partial charge in [-0.1, -0.05) is 151 Å². The fourth-order valence-electron chi connectivity index (χ4n) is 9.35. The van der Waals surface area contributed by atoms with Gasteiger partial charge < -0.3 is 13.4 Å². The maximum Gasteiger partial charge on any atom is 0.171 e. The quantitative estimate of drug-likeness (QED) is 0.166. The molecule has 2 atom stereocenters. The lowest BCUT2D eigenvalue weighted by atomic mass is 9.64. The first kappa shape index (κ1) is 30.4. The van der Waals surface area contributed by atoms with E-state index in [1.165, 1.54) is 16.0 Å². The Morgan fingerprint density at radius 1 is 0.444 bits per heavy atom. The molecule has 54 heavy (non-hydrogen) atoms. The molecule has 2 aromatic heterocycles. The van der Waals surface area contributed by atoms with E-state index in [2.05, 4.69) is 115 Å². The summed E-state index contributed by atoms with van der Waals surface area (Å²) in [6, 6.07) is 61.4. The third kappa shape index (κ3) is 3.86. The molecule has 254 valence electrons. The summed E-state index contributed by atoms with van der Waals surface area (Å²) in [6.07, 6.45) is 0. The van der Waals surface area contributed by atoms with Crippen molar-refractivity contribution in [3.05, 3.63) is 198 Å². The van der Waals surface area contributed by atoms with Gasteiger partial charge in [0.2, 0.25) is 0 Å². The summed E-state index contributed by atoms with van der Waals surface area (Å²) < 4.78 is 29.4. The van der Waals surface area contributed by atoms with Crippen LogP contribution in [0.5, 0.6) is 0 Å². The lowest BCUT2D eigenvalue weighted by Crippen LogP contribution is -2.48. The van der Waals surface area contributed by atoms with Crippen LogP contribution in [0.2, 0.25) is 0 Å². The van der Waals surface area contributed by atoms with Gasteiger partial charge in [-0.2, -0.15) is 0 Å². The molecule has 0 N–H and O–H groups in total. The Kier molecular flexibility index (Phi) is 6.19. The van der Waals surface area contributed by atoms with Crippen LogP contribution >= 0.6 is 18.9 Å². The van der Waals surface area contributed by atoms with Crippen LogP contribution in [-0.2, 0) is 9.98 Å². The van der Waals surface area contributed by atoms with Gasteiger partial charge in [-0.25, -0.2) is 0 Å². The van der Waals surface area contributed by atoms with Crippen LogP contribution in [0.15, 0.2) is 195 Å². The summed E-state index contributed by atoms with van der Waals surface area (Å²) in [5, 5.41) is 6.80. The highest BCUT2D eigenvalue weighted by Crippen LogP contribution is 2.62. The summed E-state index contributed by atoms with van der Waals surface area (Å²) >= 11 is 1.80. The fourth-order valence-corrected chi connectivity index (χ4v) is 13.7. The molecule has 0 amide bonds. The smallest absolute Gasteiger partial charge is 0.171 e. The molecule has 0 fully saturated rings. The minimum atomic E-state index is -3.39. The SMILES string of the molecule is O=P1(c2ccccc2)c2ccccc2C2(c3ccccc3Sc3cc(-c4cccc5c4oc4ccccc45)ccc32)c2cc3c(cc21)oc1ccccc13. The van der Waals surface area contributed by atoms with E-state index in [1.807, 2.05) is 60.7 Å². The van der Waals surface area contributed by atoms with Gasteiger partial charge in [0, 0.05) is 52.8 Å². The average molecular weight is 729 g/mol. The predicted molar refractivity (Wildman–Crippen MR) is 222 cm³/mol. The maximum atomic E-state index is 16.4. The number of furan rings is 2. The number of hydrogen-bond acceptors (Lipinski definition) is 4. The van der Waals surface area contributed by atoms with Gasteiger partial charge in [0.05, 0.1) is 5.41 Å². The molecule has 10 aromatic rings. The van der Waals surface area contributed by atoms with E-state index in [1.54, 1.807) is 11.8 Å². The number of rotatable bonds is 2. The average Bonchev–Trinajstić information content (AvgIpc) is 3.80. The van der Waals surface area contributed by atoms with Gasteiger partial charge in [0.1, 0.15) is 22.3 Å². The normalized spacial score (nSPS) is 18.5. The van der Waals surface area contributed by atoms with Crippen LogP contribution < -0.4 is 15.9 Å². The van der Waals surface area contributed by atoms with Crippen molar-refractivity contribution in [2.45, 2.75) is 15.2 Å². The second kappa shape index (κ2) is 11.0. The predicted octanol–water partition coefficient (Wildman–Crippen LogP) is 12.0. The first-order valence-electron chi connectivity index (χ1n) is 18.2. The Morgan fingerprint density at radius 2 is 1.11 bits per heavy atom. The molecule has 1 spiro atoms. The monoisotopic (exact) mass is 728 g/mol. The molecule has 12 rings (SSSR count). The van der Waals surface area contributed by atoms with Crippen molar-refractivity contribution >= 4 is 78.7 Å². The summed E-state index contributed by atoms with van der Waals surface area (Å²) in [5.41, 5.74) is 9.18. The van der Waals surface area contributed by atoms with E-state index >= 15 is 4.57 Å². The molecule has 0 saturated carbocycles. The summed E-state index contributed by atoms with van der Waals surface area (Å²) in [6.45, 7) is 0. The Bertz CT molecular complexity index is 3250. The van der Waals surface area contributed by atoms with Crippen LogP contribution in [0.3, 0.4) is 0 Å². The lowest BCUT2D eigenvalue weighted by Gasteiger charge is -2.47. The van der Waals surface area contributed by atoms with Crippen molar-refractivity contribution in [2.24, 2.45) is 0 Å². The first-order chi connectivity index (χ1) is 26.6. The van der Waals surface area contributed by atoms with Gasteiger partial charge in [-0.05, 0) is 64.2 Å². The third-order valence-electron chi connectivity index (χ3n) is 11.6. The Labute approximate surface area is 315 Å². The van der Waals surface area contributed by atoms with Crippen molar-refractivity contribution in [3.63, 3.8) is 0 Å². The molecule has 2 aliphatic rings. The molecule has 0 radical (unpaired) electrons. The second-order valence-electron chi connectivity index (χ2n) is 14.3. The van der Waals surface area contributed by atoms with E-state index in [4.69, 9.17) is 8.83 Å². The summed E-state index contributed by atoms with van der Waals surface area (Å²) in [4.78, 5) is 2.34. The molecule has 0 aliphatic carbocycles. The number of hydrogen-bond donors (Lipinski definition) is 0. The number of para-hydroxylation sites is 3. The van der Waals surface area contributed by atoms with Crippen molar-refractivity contribution < 1.29 is 13.4 Å². The molecule has 3 nitrogen and oxygen atoms in total. The molecule has 2 unspecified atom stereocenters. The number of fused-ring (bicyclic) bond motifs is 14. The topological polar surface area (TPSA) is 43.4 Å². The molecule has 4 heterocycles. The second-order valence-corrected chi connectivity index (χ2v) is 18.0. The van der Waals surface area contributed by atoms with E-state index in [9.17, 15) is 0 Å². The van der Waals surface area contributed by atoms with Crippen molar-refractivity contribution in [1.29, 1.82) is 0 Å². The van der Waals surface area contributed by atoms with Crippen molar-refractivity contribution in [3.8, 4) is 11.1 Å². The minimum absolute atomic E-state index is 0.744. The zero-order valence-corrected chi connectivity index (χ0v) is 30.5. The van der Waals surface area contributed by atoms with E-state index in [-0.39, 0.29) is 0 Å². The highest BCUT2D eigenvalue weighted by Gasteiger charge is 2.54. The molecule has 0 bridgehead atoms. The zero-order valence-electron chi connectivity index (χ0n) is 28.8. The number of benzene rings is 8. The van der Waals surface area contributed by atoms with Crippen LogP contribution in [0, 0.1) is 0 Å².